The number of hydrogen-bond acceptors (Lipinski definition) is 6. The highest BCUT2D eigenvalue weighted by atomic mass is 16.6. The number of aliphatic carboxylic acids is 1. The third kappa shape index (κ3) is 5.73. The van der Waals surface area contributed by atoms with Gasteiger partial charge in [-0.2, -0.15) is 0 Å². The van der Waals surface area contributed by atoms with Gasteiger partial charge in [-0.3, -0.25) is 9.59 Å². The SMILES string of the molecule is C[C@@]12CC[C@H]3[C@@H](CC[C@H]4C/C(=N/OCC(=O)NCC(=O)N[C@H](Cc5c[nH]c6ccccc56)C(=O)O)CC[C@@]43C)[C@H]1CC[C@H]2O. The topological polar surface area (TPSA) is 153 Å². The van der Waals surface area contributed by atoms with Gasteiger partial charge in [0.05, 0.1) is 18.4 Å². The molecule has 4 saturated carbocycles. The van der Waals surface area contributed by atoms with Gasteiger partial charge in [0, 0.05) is 23.5 Å². The third-order valence-electron chi connectivity index (χ3n) is 12.0. The molecule has 10 heteroatoms. The first-order valence-corrected chi connectivity index (χ1v) is 16.3. The van der Waals surface area contributed by atoms with Crippen LogP contribution >= 0.6 is 0 Å². The largest absolute Gasteiger partial charge is 0.480 e. The highest BCUT2D eigenvalue weighted by molar-refractivity contribution is 5.89. The van der Waals surface area contributed by atoms with Crippen molar-refractivity contribution in [1.82, 2.24) is 15.6 Å². The lowest BCUT2D eigenvalue weighted by Crippen LogP contribution is -2.54. The molecule has 0 spiro atoms. The molecule has 0 aliphatic heterocycles. The predicted molar refractivity (Wildman–Crippen MR) is 166 cm³/mol. The van der Waals surface area contributed by atoms with Crippen molar-refractivity contribution in [2.24, 2.45) is 39.7 Å². The molecular weight excluding hydrogens is 560 g/mol. The molecule has 10 nitrogen and oxygen atoms in total. The number of nitrogens with zero attached hydrogens (tertiary/aromatic N) is 1. The lowest BCUT2D eigenvalue weighted by Gasteiger charge is -2.60. The normalized spacial score (nSPS) is 34.4. The Kier molecular flexibility index (Phi) is 8.48. The highest BCUT2D eigenvalue weighted by Gasteiger charge is 2.59. The van der Waals surface area contributed by atoms with Gasteiger partial charge in [0.2, 0.25) is 5.91 Å². The number of rotatable bonds is 9. The van der Waals surface area contributed by atoms with Crippen molar-refractivity contribution in [1.29, 1.82) is 0 Å². The maximum Gasteiger partial charge on any atom is 0.326 e. The molecule has 0 radical (unpaired) electrons. The van der Waals surface area contributed by atoms with E-state index >= 15 is 0 Å². The molecule has 5 N–H and O–H groups in total. The average Bonchev–Trinajstić information content (AvgIpc) is 3.55. The quantitative estimate of drug-likeness (QED) is 0.270. The van der Waals surface area contributed by atoms with E-state index in [1.54, 1.807) is 6.20 Å². The Labute approximate surface area is 258 Å². The number of H-pyrrole nitrogens is 1. The summed E-state index contributed by atoms with van der Waals surface area (Å²) in [5.74, 6) is 0.383. The monoisotopic (exact) mass is 606 g/mol. The molecule has 44 heavy (non-hydrogen) atoms. The molecule has 1 aromatic heterocycles. The van der Waals surface area contributed by atoms with E-state index in [2.05, 4.69) is 34.6 Å². The number of carbonyl (C=O) groups is 3. The van der Waals surface area contributed by atoms with Crippen LogP contribution in [0.15, 0.2) is 35.6 Å². The van der Waals surface area contributed by atoms with E-state index in [0.717, 1.165) is 60.7 Å². The fraction of sp³-hybridized carbons (Fsp3) is 0.647. The van der Waals surface area contributed by atoms with Crippen molar-refractivity contribution < 1.29 is 29.4 Å². The van der Waals surface area contributed by atoms with Gasteiger partial charge in [-0.25, -0.2) is 4.79 Å². The minimum atomic E-state index is -1.15. The number of aliphatic hydroxyl groups excluding tert-OH is 1. The number of carboxylic acids is 1. The van der Waals surface area contributed by atoms with Gasteiger partial charge in [0.15, 0.2) is 6.61 Å². The fourth-order valence-corrected chi connectivity index (χ4v) is 9.49. The lowest BCUT2D eigenvalue weighted by atomic mass is 9.45. The van der Waals surface area contributed by atoms with Crippen molar-refractivity contribution in [3.05, 3.63) is 36.0 Å². The summed E-state index contributed by atoms with van der Waals surface area (Å²) in [6.45, 7) is 4.15. The summed E-state index contributed by atoms with van der Waals surface area (Å²) in [7, 11) is 0. The summed E-state index contributed by atoms with van der Waals surface area (Å²) in [4.78, 5) is 45.2. The van der Waals surface area contributed by atoms with Gasteiger partial charge in [0.1, 0.15) is 6.04 Å². The van der Waals surface area contributed by atoms with Crippen molar-refractivity contribution in [2.45, 2.75) is 90.2 Å². The Bertz CT molecular complexity index is 1440. The number of aliphatic hydroxyl groups is 1. The first-order chi connectivity index (χ1) is 21.1. The van der Waals surface area contributed by atoms with E-state index in [0.29, 0.717) is 23.7 Å². The average molecular weight is 607 g/mol. The smallest absolute Gasteiger partial charge is 0.326 e. The minimum Gasteiger partial charge on any atom is -0.480 e. The fourth-order valence-electron chi connectivity index (χ4n) is 9.49. The Morgan fingerprint density at radius 3 is 2.66 bits per heavy atom. The van der Waals surface area contributed by atoms with Crippen LogP contribution in [0.3, 0.4) is 0 Å². The molecule has 2 aromatic rings. The number of aromatic amines is 1. The number of hydrogen-bond donors (Lipinski definition) is 5. The standard InChI is InChI=1S/C34H46N4O6/c1-33-13-11-22(16-21(33)7-8-24-25-9-10-29(39)34(25,2)14-12-26(24)33)38-44-19-31(41)36-18-30(40)37-28(32(42)43)15-20-17-35-27-6-4-3-5-23(20)27/h3-6,17,21,24-26,28-29,35,39H,7-16,18-19H2,1-2H3,(H,36,41)(H,37,40)(H,42,43)/b38-22+/t21-,24-,25+,26-,28+,29+,33-,34+/m0/s1. The van der Waals surface area contributed by atoms with Crippen molar-refractivity contribution in [3.8, 4) is 0 Å². The number of fused-ring (bicyclic) bond motifs is 6. The third-order valence-corrected chi connectivity index (χ3v) is 12.0. The van der Waals surface area contributed by atoms with Gasteiger partial charge >= 0.3 is 5.97 Å². The first kappa shape index (κ1) is 30.6. The van der Waals surface area contributed by atoms with Crippen molar-refractivity contribution in [2.75, 3.05) is 13.2 Å². The zero-order valence-electron chi connectivity index (χ0n) is 25.8. The number of aromatic nitrogens is 1. The Hall–Kier alpha value is -3.40. The molecule has 0 bridgehead atoms. The van der Waals surface area contributed by atoms with Crippen LogP contribution in [-0.4, -0.2) is 64.0 Å². The first-order valence-electron chi connectivity index (χ1n) is 16.3. The van der Waals surface area contributed by atoms with Crippen LogP contribution in [0.25, 0.3) is 10.9 Å². The Morgan fingerprint density at radius 2 is 1.84 bits per heavy atom. The molecule has 1 aromatic carbocycles. The maximum absolute atomic E-state index is 12.5. The molecule has 1 heterocycles. The molecule has 0 saturated heterocycles. The molecular formula is C34H46N4O6. The molecule has 4 aliphatic rings. The van der Waals surface area contributed by atoms with Crippen LogP contribution in [0.5, 0.6) is 0 Å². The van der Waals surface area contributed by atoms with E-state index in [9.17, 15) is 24.6 Å². The van der Waals surface area contributed by atoms with Gasteiger partial charge in [-0.1, -0.05) is 37.2 Å². The molecule has 2 amide bonds. The van der Waals surface area contributed by atoms with E-state index in [1.807, 2.05) is 24.3 Å². The lowest BCUT2D eigenvalue weighted by molar-refractivity contribution is -0.141. The number of oxime groups is 1. The van der Waals surface area contributed by atoms with Crippen LogP contribution in [0.4, 0.5) is 0 Å². The zero-order chi connectivity index (χ0) is 31.1. The van der Waals surface area contributed by atoms with Crippen LogP contribution in [0, 0.1) is 34.5 Å². The number of carboxylic acid groups (broad SMARTS) is 1. The predicted octanol–water partition coefficient (Wildman–Crippen LogP) is 4.17. The maximum atomic E-state index is 12.5. The second-order valence-corrected chi connectivity index (χ2v) is 14.2. The van der Waals surface area contributed by atoms with Gasteiger partial charge in [-0.05, 0) is 104 Å². The molecule has 4 aliphatic carbocycles. The summed E-state index contributed by atoms with van der Waals surface area (Å²) >= 11 is 0. The Morgan fingerprint density at radius 1 is 1.05 bits per heavy atom. The van der Waals surface area contributed by atoms with Crippen LogP contribution in [-0.2, 0) is 25.6 Å². The van der Waals surface area contributed by atoms with E-state index in [1.165, 1.54) is 19.3 Å². The summed E-state index contributed by atoms with van der Waals surface area (Å²) < 4.78 is 0. The van der Waals surface area contributed by atoms with Crippen molar-refractivity contribution in [3.63, 3.8) is 0 Å². The molecule has 4 fully saturated rings. The highest BCUT2D eigenvalue weighted by Crippen LogP contribution is 2.66. The summed E-state index contributed by atoms with van der Waals surface area (Å²) in [6, 6.07) is 6.44. The minimum absolute atomic E-state index is 0.0939. The summed E-state index contributed by atoms with van der Waals surface area (Å²) in [5.41, 5.74) is 3.05. The zero-order valence-corrected chi connectivity index (χ0v) is 25.8. The Balaban J connectivity index is 0.951. The van der Waals surface area contributed by atoms with Crippen LogP contribution in [0.1, 0.15) is 77.2 Å². The number of amides is 2. The van der Waals surface area contributed by atoms with E-state index in [4.69, 9.17) is 4.84 Å². The summed E-state index contributed by atoms with van der Waals surface area (Å²) in [5, 5.41) is 30.6. The van der Waals surface area contributed by atoms with Crippen LogP contribution < -0.4 is 10.6 Å². The molecule has 6 rings (SSSR count). The number of benzene rings is 1. The van der Waals surface area contributed by atoms with E-state index in [-0.39, 0.29) is 36.5 Å². The molecule has 0 unspecified atom stereocenters. The second kappa shape index (κ2) is 12.2. The molecule has 238 valence electrons. The van der Waals surface area contributed by atoms with Crippen molar-refractivity contribution >= 4 is 34.4 Å². The van der Waals surface area contributed by atoms with Gasteiger partial charge < -0.3 is 30.7 Å². The van der Waals surface area contributed by atoms with Crippen LogP contribution in [0.2, 0.25) is 0 Å². The number of carbonyl (C=O) groups excluding carboxylic acids is 2. The number of nitrogens with one attached hydrogen (secondary N) is 3. The summed E-state index contributed by atoms with van der Waals surface area (Å²) in [6.07, 6.45) is 11.4. The molecule has 8 atom stereocenters. The van der Waals surface area contributed by atoms with Gasteiger partial charge in [-0.15, -0.1) is 0 Å². The van der Waals surface area contributed by atoms with Gasteiger partial charge in [0.25, 0.3) is 5.91 Å². The number of para-hydroxylation sites is 1. The second-order valence-electron chi connectivity index (χ2n) is 14.2. The van der Waals surface area contributed by atoms with E-state index < -0.39 is 23.8 Å².